The first-order chi connectivity index (χ1) is 11.6. The third-order valence-corrected chi connectivity index (χ3v) is 4.67. The van der Waals surface area contributed by atoms with Crippen LogP contribution in [0, 0.1) is 5.92 Å². The fraction of sp³-hybridized carbons (Fsp3) is 0.526. The van der Waals surface area contributed by atoms with E-state index in [9.17, 15) is 4.79 Å². The molecule has 1 fully saturated rings. The van der Waals surface area contributed by atoms with Crippen molar-refractivity contribution in [3.8, 4) is 0 Å². The van der Waals surface area contributed by atoms with Crippen molar-refractivity contribution < 1.29 is 4.79 Å². The van der Waals surface area contributed by atoms with E-state index in [2.05, 4.69) is 35.1 Å². The van der Waals surface area contributed by atoms with Gasteiger partial charge in [-0.3, -0.25) is 14.9 Å². The maximum Gasteiger partial charge on any atom is 0.274 e. The molecule has 0 bridgehead atoms. The Morgan fingerprint density at radius 1 is 1.42 bits per heavy atom. The van der Waals surface area contributed by atoms with Crippen molar-refractivity contribution in [3.63, 3.8) is 0 Å². The number of aryl methyl sites for hydroxylation is 1. The number of rotatable bonds is 5. The number of nitrogens with one attached hydrogen (secondary N) is 1. The Morgan fingerprint density at radius 3 is 3.04 bits per heavy atom. The van der Waals surface area contributed by atoms with E-state index >= 15 is 0 Å². The molecule has 1 aliphatic heterocycles. The number of pyridine rings is 1. The second-order valence-corrected chi connectivity index (χ2v) is 7.01. The summed E-state index contributed by atoms with van der Waals surface area (Å²) in [6.07, 6.45) is 8.85. The number of carbonyl (C=O) groups excluding carboxylic acids is 1. The highest BCUT2D eigenvalue weighted by atomic mass is 16.2. The summed E-state index contributed by atoms with van der Waals surface area (Å²) in [6, 6.07) is 6.02. The molecule has 0 radical (unpaired) electrons. The Morgan fingerprint density at radius 2 is 2.29 bits per heavy atom. The number of likely N-dealkylation sites (tertiary alicyclic amines) is 1. The standard InChI is InChI=1S/C19H26N4O/c1-14(2)8-9-16-12-17(22-21-16)19(24)23-11-4-3-7-18(23)15-6-5-10-20-13-15/h5-6,10,12-14,18H,3-4,7-9,11H2,1-2H3,(H,21,22)/t18-/m1/s1. The van der Waals surface area contributed by atoms with Crippen LogP contribution < -0.4 is 0 Å². The third-order valence-electron chi connectivity index (χ3n) is 4.67. The fourth-order valence-corrected chi connectivity index (χ4v) is 3.28. The van der Waals surface area contributed by atoms with Crippen molar-refractivity contribution in [3.05, 3.63) is 47.5 Å². The number of aromatic nitrogens is 3. The Hall–Kier alpha value is -2.17. The lowest BCUT2D eigenvalue weighted by Gasteiger charge is -2.35. The molecule has 24 heavy (non-hydrogen) atoms. The van der Waals surface area contributed by atoms with Gasteiger partial charge < -0.3 is 4.90 Å². The second kappa shape index (κ2) is 7.60. The van der Waals surface area contributed by atoms with E-state index in [-0.39, 0.29) is 11.9 Å². The third kappa shape index (κ3) is 3.83. The van der Waals surface area contributed by atoms with Crippen LogP contribution in [0.1, 0.15) is 67.3 Å². The smallest absolute Gasteiger partial charge is 0.274 e. The summed E-state index contributed by atoms with van der Waals surface area (Å²) >= 11 is 0. The normalized spacial score (nSPS) is 18.1. The van der Waals surface area contributed by atoms with Crippen molar-refractivity contribution in [1.29, 1.82) is 0 Å². The van der Waals surface area contributed by atoms with Gasteiger partial charge in [-0.25, -0.2) is 0 Å². The molecule has 0 saturated carbocycles. The Labute approximate surface area is 143 Å². The quantitative estimate of drug-likeness (QED) is 0.910. The van der Waals surface area contributed by atoms with E-state index < -0.39 is 0 Å². The topological polar surface area (TPSA) is 61.9 Å². The highest BCUT2D eigenvalue weighted by Gasteiger charge is 2.30. The van der Waals surface area contributed by atoms with E-state index in [1.54, 1.807) is 6.20 Å². The summed E-state index contributed by atoms with van der Waals surface area (Å²) in [5, 5.41) is 7.29. The van der Waals surface area contributed by atoms with Crippen molar-refractivity contribution >= 4 is 5.91 Å². The van der Waals surface area contributed by atoms with Gasteiger partial charge in [-0.1, -0.05) is 19.9 Å². The van der Waals surface area contributed by atoms with Gasteiger partial charge in [0.25, 0.3) is 5.91 Å². The summed E-state index contributed by atoms with van der Waals surface area (Å²) in [4.78, 5) is 19.1. The molecule has 0 spiro atoms. The number of nitrogens with zero attached hydrogens (tertiary/aromatic N) is 3. The molecule has 2 aromatic heterocycles. The molecule has 3 heterocycles. The molecular weight excluding hydrogens is 300 g/mol. The van der Waals surface area contributed by atoms with Gasteiger partial charge in [0.15, 0.2) is 0 Å². The maximum absolute atomic E-state index is 13.0. The highest BCUT2D eigenvalue weighted by Crippen LogP contribution is 2.31. The molecule has 5 heteroatoms. The van der Waals surface area contributed by atoms with Crippen molar-refractivity contribution in [2.45, 2.75) is 52.0 Å². The van der Waals surface area contributed by atoms with Crippen LogP contribution in [-0.2, 0) is 6.42 Å². The van der Waals surface area contributed by atoms with Gasteiger partial charge in [-0.05, 0) is 55.7 Å². The number of H-pyrrole nitrogens is 1. The summed E-state index contributed by atoms with van der Waals surface area (Å²) in [7, 11) is 0. The average Bonchev–Trinajstić information content (AvgIpc) is 3.09. The molecule has 0 unspecified atom stereocenters. The molecule has 0 aliphatic carbocycles. The zero-order chi connectivity index (χ0) is 16.9. The monoisotopic (exact) mass is 326 g/mol. The first kappa shape index (κ1) is 16.7. The van der Waals surface area contributed by atoms with Crippen LogP contribution in [0.4, 0.5) is 0 Å². The number of hydrogen-bond donors (Lipinski definition) is 1. The van der Waals surface area contributed by atoms with E-state index in [1.165, 1.54) is 0 Å². The number of carbonyl (C=O) groups is 1. The lowest BCUT2D eigenvalue weighted by atomic mass is 9.96. The van der Waals surface area contributed by atoms with Crippen LogP contribution >= 0.6 is 0 Å². The molecule has 1 N–H and O–H groups in total. The Balaban J connectivity index is 1.75. The molecule has 3 rings (SSSR count). The van der Waals surface area contributed by atoms with Crippen molar-refractivity contribution in [2.24, 2.45) is 5.92 Å². The van der Waals surface area contributed by atoms with Gasteiger partial charge in [0.2, 0.25) is 0 Å². The van der Waals surface area contributed by atoms with Crippen LogP contribution in [0.2, 0.25) is 0 Å². The minimum Gasteiger partial charge on any atom is -0.330 e. The van der Waals surface area contributed by atoms with E-state index in [4.69, 9.17) is 0 Å². The first-order valence-electron chi connectivity index (χ1n) is 8.90. The maximum atomic E-state index is 13.0. The summed E-state index contributed by atoms with van der Waals surface area (Å²) in [5.41, 5.74) is 2.69. The van der Waals surface area contributed by atoms with Gasteiger partial charge in [0, 0.05) is 24.6 Å². The number of hydrogen-bond acceptors (Lipinski definition) is 3. The zero-order valence-electron chi connectivity index (χ0n) is 14.5. The Kier molecular flexibility index (Phi) is 5.28. The van der Waals surface area contributed by atoms with Gasteiger partial charge in [0.1, 0.15) is 5.69 Å². The van der Waals surface area contributed by atoms with Crippen LogP contribution in [-0.4, -0.2) is 32.5 Å². The van der Waals surface area contributed by atoms with Gasteiger partial charge >= 0.3 is 0 Å². The van der Waals surface area contributed by atoms with Crippen LogP contribution in [0.3, 0.4) is 0 Å². The minimum atomic E-state index is 0.0237. The lowest BCUT2D eigenvalue weighted by Crippen LogP contribution is -2.38. The summed E-state index contributed by atoms with van der Waals surface area (Å²) in [5.74, 6) is 0.667. The molecule has 2 aromatic rings. The lowest BCUT2D eigenvalue weighted by molar-refractivity contribution is 0.0605. The molecule has 1 atom stereocenters. The minimum absolute atomic E-state index is 0.0237. The number of amides is 1. The van der Waals surface area contributed by atoms with Gasteiger partial charge in [-0.2, -0.15) is 5.10 Å². The van der Waals surface area contributed by atoms with Gasteiger partial charge in [0.05, 0.1) is 6.04 Å². The SMILES string of the molecule is CC(C)CCc1cc(C(=O)N2CCCC[C@@H]2c2cccnc2)n[nH]1. The van der Waals surface area contributed by atoms with Crippen LogP contribution in [0.15, 0.2) is 30.6 Å². The van der Waals surface area contributed by atoms with E-state index in [1.807, 2.05) is 23.2 Å². The van der Waals surface area contributed by atoms with Crippen molar-refractivity contribution in [2.75, 3.05) is 6.54 Å². The molecule has 128 valence electrons. The summed E-state index contributed by atoms with van der Waals surface area (Å²) in [6.45, 7) is 5.19. The molecular formula is C19H26N4O. The van der Waals surface area contributed by atoms with Gasteiger partial charge in [-0.15, -0.1) is 0 Å². The summed E-state index contributed by atoms with van der Waals surface area (Å²) < 4.78 is 0. The molecule has 1 saturated heterocycles. The molecule has 0 aromatic carbocycles. The molecule has 1 aliphatic rings. The van der Waals surface area contributed by atoms with E-state index in [0.29, 0.717) is 11.6 Å². The number of piperidine rings is 1. The fourth-order valence-electron chi connectivity index (χ4n) is 3.28. The second-order valence-electron chi connectivity index (χ2n) is 7.01. The largest absolute Gasteiger partial charge is 0.330 e. The molecule has 1 amide bonds. The first-order valence-corrected chi connectivity index (χ1v) is 8.90. The highest BCUT2D eigenvalue weighted by molar-refractivity contribution is 5.92. The van der Waals surface area contributed by atoms with Crippen LogP contribution in [0.25, 0.3) is 0 Å². The predicted octanol–water partition coefficient (Wildman–Crippen LogP) is 3.76. The van der Waals surface area contributed by atoms with Crippen molar-refractivity contribution in [1.82, 2.24) is 20.1 Å². The predicted molar refractivity (Wildman–Crippen MR) is 93.6 cm³/mol. The average molecular weight is 326 g/mol. The molecule has 5 nitrogen and oxygen atoms in total. The zero-order valence-corrected chi connectivity index (χ0v) is 14.5. The van der Waals surface area contributed by atoms with E-state index in [0.717, 1.165) is 49.9 Å². The van der Waals surface area contributed by atoms with Crippen LogP contribution in [0.5, 0.6) is 0 Å². The Bertz CT molecular complexity index is 665. The number of aromatic amines is 1.